The van der Waals surface area contributed by atoms with Gasteiger partial charge < -0.3 is 9.15 Å². The van der Waals surface area contributed by atoms with Crippen molar-refractivity contribution in [3.63, 3.8) is 0 Å². The number of piperidine rings is 1. The van der Waals surface area contributed by atoms with Crippen LogP contribution in [0.25, 0.3) is 10.8 Å². The average Bonchev–Trinajstić information content (AvgIpc) is 3.29. The fourth-order valence-corrected chi connectivity index (χ4v) is 3.48. The van der Waals surface area contributed by atoms with E-state index < -0.39 is 0 Å². The van der Waals surface area contributed by atoms with Crippen molar-refractivity contribution >= 4 is 11.3 Å². The van der Waals surface area contributed by atoms with E-state index in [1.54, 1.807) is 36.2 Å². The van der Waals surface area contributed by atoms with Crippen LogP contribution in [0.15, 0.2) is 46.8 Å². The van der Waals surface area contributed by atoms with Gasteiger partial charge in [0.2, 0.25) is 11.8 Å². The Morgan fingerprint density at radius 3 is 2.96 bits per heavy atom. The Kier molecular flexibility index (Phi) is 4.53. The maximum Gasteiger partial charge on any atom is 0.236 e. The average molecular weight is 342 g/mol. The van der Waals surface area contributed by atoms with Crippen LogP contribution >= 0.6 is 11.3 Å². The van der Waals surface area contributed by atoms with Crippen LogP contribution < -0.4 is 4.74 Å². The highest BCUT2D eigenvalue weighted by atomic mass is 32.1. The van der Waals surface area contributed by atoms with Crippen molar-refractivity contribution in [3.05, 3.63) is 48.1 Å². The Balaban J connectivity index is 1.29. The van der Waals surface area contributed by atoms with Gasteiger partial charge in [-0.25, -0.2) is 9.97 Å². The maximum atomic E-state index is 5.87. The lowest BCUT2D eigenvalue weighted by Crippen LogP contribution is -2.38. The summed E-state index contributed by atoms with van der Waals surface area (Å²) in [4.78, 5) is 16.2. The normalized spacial score (nSPS) is 16.3. The highest BCUT2D eigenvalue weighted by Gasteiger charge is 2.22. The van der Waals surface area contributed by atoms with Gasteiger partial charge >= 0.3 is 0 Å². The summed E-state index contributed by atoms with van der Waals surface area (Å²) in [7, 11) is 0. The number of hydrogen-bond donors (Lipinski definition) is 0. The zero-order chi connectivity index (χ0) is 16.2. The first kappa shape index (κ1) is 15.3. The summed E-state index contributed by atoms with van der Waals surface area (Å²) in [5.41, 5.74) is 0.978. The van der Waals surface area contributed by atoms with Crippen molar-refractivity contribution in [2.45, 2.75) is 25.5 Å². The van der Waals surface area contributed by atoms with Crippen LogP contribution in [0.1, 0.15) is 18.5 Å². The van der Waals surface area contributed by atoms with Crippen LogP contribution in [-0.4, -0.2) is 39.0 Å². The summed E-state index contributed by atoms with van der Waals surface area (Å²) in [5, 5.41) is 2.03. The first-order valence-electron chi connectivity index (χ1n) is 8.00. The molecule has 0 spiro atoms. The smallest absolute Gasteiger partial charge is 0.236 e. The zero-order valence-corrected chi connectivity index (χ0v) is 14.0. The molecular weight excluding hydrogens is 324 g/mol. The fourth-order valence-electron chi connectivity index (χ4n) is 2.82. The highest BCUT2D eigenvalue weighted by molar-refractivity contribution is 7.13. The monoisotopic (exact) mass is 342 g/mol. The Bertz CT molecular complexity index is 752. The van der Waals surface area contributed by atoms with Crippen LogP contribution in [0.2, 0.25) is 0 Å². The Hall–Kier alpha value is -2.25. The molecule has 24 heavy (non-hydrogen) atoms. The quantitative estimate of drug-likeness (QED) is 0.709. The van der Waals surface area contributed by atoms with E-state index in [0.29, 0.717) is 11.8 Å². The third-order valence-electron chi connectivity index (χ3n) is 4.03. The molecule has 0 bridgehead atoms. The molecule has 0 unspecified atom stereocenters. The second-order valence-corrected chi connectivity index (χ2v) is 6.71. The van der Waals surface area contributed by atoms with Gasteiger partial charge in [0.15, 0.2) is 0 Å². The topological polar surface area (TPSA) is 64.3 Å². The lowest BCUT2D eigenvalue weighted by atomic mass is 10.1. The van der Waals surface area contributed by atoms with Crippen LogP contribution in [-0.2, 0) is 6.54 Å². The first-order valence-corrected chi connectivity index (χ1v) is 8.88. The number of aromatic nitrogens is 3. The second kappa shape index (κ2) is 7.11. The van der Waals surface area contributed by atoms with E-state index in [1.807, 2.05) is 17.5 Å². The molecule has 0 amide bonds. The van der Waals surface area contributed by atoms with Gasteiger partial charge in [-0.15, -0.1) is 11.3 Å². The van der Waals surface area contributed by atoms with E-state index in [-0.39, 0.29) is 6.10 Å². The van der Waals surface area contributed by atoms with Crippen molar-refractivity contribution in [1.82, 2.24) is 19.9 Å². The van der Waals surface area contributed by atoms with Crippen LogP contribution in [0, 0.1) is 0 Å². The van der Waals surface area contributed by atoms with Crippen molar-refractivity contribution < 1.29 is 9.15 Å². The molecule has 1 saturated heterocycles. The predicted octanol–water partition coefficient (Wildman–Crippen LogP) is 3.24. The number of ether oxygens (including phenoxy) is 1. The number of oxazole rings is 1. The molecule has 4 rings (SSSR count). The molecular formula is C17H18N4O2S. The van der Waals surface area contributed by atoms with Crippen molar-refractivity contribution in [3.8, 4) is 16.6 Å². The van der Waals surface area contributed by atoms with Crippen molar-refractivity contribution in [2.75, 3.05) is 13.1 Å². The summed E-state index contributed by atoms with van der Waals surface area (Å²) in [5.74, 6) is 1.31. The molecule has 0 aliphatic carbocycles. The number of nitrogens with zero attached hydrogens (tertiary/aromatic N) is 4. The molecule has 124 valence electrons. The van der Waals surface area contributed by atoms with Gasteiger partial charge in [0, 0.05) is 32.0 Å². The molecule has 0 atom stereocenters. The molecule has 4 heterocycles. The summed E-state index contributed by atoms with van der Waals surface area (Å²) in [6.07, 6.45) is 8.89. The molecule has 0 N–H and O–H groups in total. The molecule has 7 heteroatoms. The third-order valence-corrected chi connectivity index (χ3v) is 4.89. The van der Waals surface area contributed by atoms with Crippen molar-refractivity contribution in [1.29, 1.82) is 0 Å². The molecule has 6 nitrogen and oxygen atoms in total. The van der Waals surface area contributed by atoms with Crippen LogP contribution in [0.3, 0.4) is 0 Å². The van der Waals surface area contributed by atoms with Gasteiger partial charge in [-0.2, -0.15) is 0 Å². The van der Waals surface area contributed by atoms with Crippen LogP contribution in [0.5, 0.6) is 5.88 Å². The third kappa shape index (κ3) is 3.63. The number of thiophene rings is 1. The Morgan fingerprint density at radius 2 is 2.21 bits per heavy atom. The van der Waals surface area contributed by atoms with Gasteiger partial charge in [0.05, 0.1) is 16.8 Å². The number of rotatable bonds is 5. The molecule has 0 aromatic carbocycles. The molecule has 1 aliphatic rings. The minimum atomic E-state index is 0.205. The van der Waals surface area contributed by atoms with E-state index in [9.17, 15) is 0 Å². The summed E-state index contributed by atoms with van der Waals surface area (Å²) < 4.78 is 11.5. The minimum Gasteiger partial charge on any atom is -0.473 e. The van der Waals surface area contributed by atoms with E-state index in [1.165, 1.54) is 0 Å². The van der Waals surface area contributed by atoms with E-state index in [0.717, 1.165) is 43.0 Å². The molecule has 1 aliphatic heterocycles. The Morgan fingerprint density at radius 1 is 1.29 bits per heavy atom. The standard InChI is InChI=1S/C17H18N4O2S/c1-2-15(24-9-1)17-20-13(12-22-17)11-21-7-3-14(4-8-21)23-16-10-18-5-6-19-16/h1-2,5-6,9-10,12,14H,3-4,7-8,11H2. The predicted molar refractivity (Wildman–Crippen MR) is 90.8 cm³/mol. The van der Waals surface area contributed by atoms with Gasteiger partial charge in [0.1, 0.15) is 12.4 Å². The van der Waals surface area contributed by atoms with Gasteiger partial charge in [-0.1, -0.05) is 6.07 Å². The molecule has 0 radical (unpaired) electrons. The van der Waals surface area contributed by atoms with E-state index in [2.05, 4.69) is 19.9 Å². The van der Waals surface area contributed by atoms with Gasteiger partial charge in [-0.3, -0.25) is 9.88 Å². The molecule has 3 aromatic rings. The largest absolute Gasteiger partial charge is 0.473 e. The fraction of sp³-hybridized carbons (Fsp3) is 0.353. The molecule has 3 aromatic heterocycles. The zero-order valence-electron chi connectivity index (χ0n) is 13.2. The lowest BCUT2D eigenvalue weighted by molar-refractivity contribution is 0.0922. The minimum absolute atomic E-state index is 0.205. The van der Waals surface area contributed by atoms with E-state index in [4.69, 9.17) is 9.15 Å². The summed E-state index contributed by atoms with van der Waals surface area (Å²) in [6, 6.07) is 4.03. The van der Waals surface area contributed by atoms with Crippen molar-refractivity contribution in [2.24, 2.45) is 0 Å². The lowest BCUT2D eigenvalue weighted by Gasteiger charge is -2.31. The van der Waals surface area contributed by atoms with Gasteiger partial charge in [-0.05, 0) is 24.3 Å². The molecule has 1 fully saturated rings. The first-order chi connectivity index (χ1) is 11.9. The van der Waals surface area contributed by atoms with Crippen LogP contribution in [0.4, 0.5) is 0 Å². The van der Waals surface area contributed by atoms with Gasteiger partial charge in [0.25, 0.3) is 0 Å². The summed E-state index contributed by atoms with van der Waals surface area (Å²) >= 11 is 1.64. The molecule has 0 saturated carbocycles. The van der Waals surface area contributed by atoms with E-state index >= 15 is 0 Å². The maximum absolute atomic E-state index is 5.87. The number of hydrogen-bond acceptors (Lipinski definition) is 7. The summed E-state index contributed by atoms with van der Waals surface area (Å²) in [6.45, 7) is 2.77. The Labute approximate surface area is 144 Å². The highest BCUT2D eigenvalue weighted by Crippen LogP contribution is 2.24. The second-order valence-electron chi connectivity index (χ2n) is 5.76. The number of likely N-dealkylation sites (tertiary alicyclic amines) is 1. The SMILES string of the molecule is c1csc(-c2nc(CN3CCC(Oc4cnccn4)CC3)co2)c1.